The zero-order valence-electron chi connectivity index (χ0n) is 4.55. The summed E-state index contributed by atoms with van der Waals surface area (Å²) in [5, 5.41) is 0. The number of hydrogen-bond donors (Lipinski definition) is 1. The Bertz CT molecular complexity index is 64.7. The van der Waals surface area contributed by atoms with Gasteiger partial charge in [0.15, 0.2) is 6.16 Å². The molecule has 0 saturated heterocycles. The van der Waals surface area contributed by atoms with E-state index in [9.17, 15) is 4.57 Å². The fraction of sp³-hybridized carbons (Fsp3) is 1.00. The van der Waals surface area contributed by atoms with Gasteiger partial charge >= 0.3 is 7.95 Å². The summed E-state index contributed by atoms with van der Waals surface area (Å²) in [6.45, 7) is 2.05. The van der Waals surface area contributed by atoms with E-state index in [2.05, 4.69) is 6.92 Å². The molecule has 0 fully saturated rings. The summed E-state index contributed by atoms with van der Waals surface area (Å²) >= 11 is 0. The molecule has 0 aliphatic carbocycles. The summed E-state index contributed by atoms with van der Waals surface area (Å²) in [7, 11) is -1.36. The van der Waals surface area contributed by atoms with Crippen LogP contribution >= 0.6 is 7.95 Å². The third kappa shape index (κ3) is 6.06. The van der Waals surface area contributed by atoms with E-state index >= 15 is 0 Å². The van der Waals surface area contributed by atoms with Crippen molar-refractivity contribution in [2.24, 2.45) is 5.50 Å². The van der Waals surface area contributed by atoms with Gasteiger partial charge < -0.3 is 0 Å². The summed E-state index contributed by atoms with van der Waals surface area (Å²) in [6.07, 6.45) is 2.76. The third-order valence-corrected chi connectivity index (χ3v) is 1.49. The van der Waals surface area contributed by atoms with Gasteiger partial charge in [-0.15, -0.1) is 5.50 Å². The summed E-state index contributed by atoms with van der Waals surface area (Å²) in [4.78, 5) is 0. The second kappa shape index (κ2) is 4.23. The molecule has 0 bridgehead atoms. The second-order valence-corrected chi connectivity index (χ2v) is 2.78. The molecule has 0 aromatic carbocycles. The largest absolute Gasteiger partial charge is 0.429 e. The van der Waals surface area contributed by atoms with Gasteiger partial charge in [0.25, 0.3) is 0 Å². The summed E-state index contributed by atoms with van der Waals surface area (Å²) in [5.74, 6) is 0. The quantitative estimate of drug-likeness (QED) is 0.573. The maximum absolute atomic E-state index is 10.1. The molecule has 0 radical (unpaired) electrons. The smallest absolute Gasteiger partial charge is 0.122 e. The van der Waals surface area contributed by atoms with Gasteiger partial charge in [0.05, 0.1) is 0 Å². The van der Waals surface area contributed by atoms with Crippen molar-refractivity contribution in [1.29, 1.82) is 0 Å². The maximum Gasteiger partial charge on any atom is 0.429 e. The van der Waals surface area contributed by atoms with E-state index in [1.54, 1.807) is 0 Å². The van der Waals surface area contributed by atoms with Gasteiger partial charge in [-0.05, 0) is 6.42 Å². The topological polar surface area (TPSA) is 43.1 Å². The van der Waals surface area contributed by atoms with Gasteiger partial charge in [0.1, 0.15) is 0 Å². The fourth-order valence-corrected chi connectivity index (χ4v) is 0.942. The highest BCUT2D eigenvalue weighted by Crippen LogP contribution is 2.09. The zero-order valence-corrected chi connectivity index (χ0v) is 5.45. The Morgan fingerprint density at radius 3 is 2.43 bits per heavy atom. The lowest BCUT2D eigenvalue weighted by Crippen LogP contribution is -1.83. The molecule has 1 unspecified atom stereocenters. The molecular weight excluding hydrogens is 109 g/mol. The average molecular weight is 120 g/mol. The minimum atomic E-state index is -1.36. The van der Waals surface area contributed by atoms with Crippen molar-refractivity contribution in [2.45, 2.75) is 19.8 Å². The van der Waals surface area contributed by atoms with Gasteiger partial charge in [0, 0.05) is 0 Å². The summed E-state index contributed by atoms with van der Waals surface area (Å²) in [5.41, 5.74) is 4.99. The van der Waals surface area contributed by atoms with E-state index in [1.807, 2.05) is 0 Å². The molecule has 1 atom stereocenters. The Labute approximate surface area is 44.9 Å². The fourth-order valence-electron chi connectivity index (χ4n) is 0.314. The molecule has 3 heteroatoms. The Hall–Kier alpha value is 0.0600. The molecule has 0 aliphatic heterocycles. The van der Waals surface area contributed by atoms with Crippen LogP contribution in [0.25, 0.3) is 0 Å². The standard InChI is InChI=1S/C4H11NOP/c1-2-3-4-7(5)6/h2-4H2,1H3,(H2,5,6)/q+1. The van der Waals surface area contributed by atoms with Crippen molar-refractivity contribution in [2.75, 3.05) is 6.16 Å². The number of nitrogens with two attached hydrogens (primary N) is 1. The molecule has 42 valence electrons. The van der Waals surface area contributed by atoms with Crippen LogP contribution in [0.15, 0.2) is 0 Å². The predicted molar refractivity (Wildman–Crippen MR) is 31.6 cm³/mol. The molecule has 2 nitrogen and oxygen atoms in total. The Morgan fingerprint density at radius 1 is 1.71 bits per heavy atom. The average Bonchev–Trinajstić information content (AvgIpc) is 1.61. The first-order valence-electron chi connectivity index (χ1n) is 2.46. The molecule has 2 N–H and O–H groups in total. The molecule has 0 spiro atoms. The number of unbranched alkanes of at least 4 members (excludes halogenated alkanes) is 1. The highest BCUT2D eigenvalue weighted by atomic mass is 31.1. The van der Waals surface area contributed by atoms with Crippen molar-refractivity contribution in [1.82, 2.24) is 0 Å². The van der Waals surface area contributed by atoms with Crippen LogP contribution in [0.2, 0.25) is 0 Å². The van der Waals surface area contributed by atoms with Crippen molar-refractivity contribution < 1.29 is 4.57 Å². The molecule has 0 aromatic heterocycles. The van der Waals surface area contributed by atoms with E-state index in [1.165, 1.54) is 0 Å². The highest BCUT2D eigenvalue weighted by molar-refractivity contribution is 7.41. The van der Waals surface area contributed by atoms with Crippen LogP contribution in [0.4, 0.5) is 0 Å². The van der Waals surface area contributed by atoms with Crippen LogP contribution in [-0.2, 0) is 4.57 Å². The lowest BCUT2D eigenvalue weighted by Gasteiger charge is -1.76. The maximum atomic E-state index is 10.1. The van der Waals surface area contributed by atoms with Crippen molar-refractivity contribution in [3.63, 3.8) is 0 Å². The van der Waals surface area contributed by atoms with Crippen LogP contribution < -0.4 is 5.50 Å². The van der Waals surface area contributed by atoms with Gasteiger partial charge in [-0.25, -0.2) is 0 Å². The Balaban J connectivity index is 2.82. The molecule has 0 aromatic rings. The van der Waals surface area contributed by atoms with E-state index < -0.39 is 7.95 Å². The van der Waals surface area contributed by atoms with Crippen LogP contribution in [0.3, 0.4) is 0 Å². The lowest BCUT2D eigenvalue weighted by atomic mass is 10.4. The molecule has 0 aliphatic rings. The van der Waals surface area contributed by atoms with Crippen molar-refractivity contribution in [3.05, 3.63) is 0 Å². The van der Waals surface area contributed by atoms with Gasteiger partial charge in [-0.2, -0.15) is 0 Å². The van der Waals surface area contributed by atoms with Gasteiger partial charge in [-0.3, -0.25) is 0 Å². The van der Waals surface area contributed by atoms with Crippen LogP contribution in [0.1, 0.15) is 19.8 Å². The predicted octanol–water partition coefficient (Wildman–Crippen LogP) is 1.49. The monoisotopic (exact) mass is 120 g/mol. The highest BCUT2D eigenvalue weighted by Gasteiger charge is 2.02. The van der Waals surface area contributed by atoms with Crippen LogP contribution in [0, 0.1) is 0 Å². The van der Waals surface area contributed by atoms with E-state index in [0.717, 1.165) is 12.8 Å². The first-order chi connectivity index (χ1) is 3.27. The number of hydrogen-bond acceptors (Lipinski definition) is 1. The molecule has 0 heterocycles. The molecule has 0 saturated carbocycles. The second-order valence-electron chi connectivity index (χ2n) is 1.49. The van der Waals surface area contributed by atoms with Gasteiger partial charge in [-0.1, -0.05) is 17.9 Å². The molecule has 7 heavy (non-hydrogen) atoms. The van der Waals surface area contributed by atoms with Gasteiger partial charge in [0.2, 0.25) is 0 Å². The molecule has 0 rings (SSSR count). The van der Waals surface area contributed by atoms with Crippen molar-refractivity contribution in [3.8, 4) is 0 Å². The zero-order chi connectivity index (χ0) is 5.70. The first kappa shape index (κ1) is 7.06. The minimum Gasteiger partial charge on any atom is -0.122 e. The van der Waals surface area contributed by atoms with E-state index in [0.29, 0.717) is 6.16 Å². The normalized spacial score (nSPS) is 11.4. The van der Waals surface area contributed by atoms with Crippen LogP contribution in [0.5, 0.6) is 0 Å². The first-order valence-corrected chi connectivity index (χ1v) is 3.98. The number of rotatable bonds is 3. The lowest BCUT2D eigenvalue weighted by molar-refractivity contribution is 0.587. The Kier molecular flexibility index (Phi) is 4.26. The van der Waals surface area contributed by atoms with E-state index in [4.69, 9.17) is 5.50 Å². The van der Waals surface area contributed by atoms with Crippen molar-refractivity contribution >= 4 is 7.95 Å². The third-order valence-electron chi connectivity index (χ3n) is 0.732. The Morgan fingerprint density at radius 2 is 2.29 bits per heavy atom. The molecule has 0 amide bonds. The SMILES string of the molecule is CCCC[P+](N)=O. The molecular formula is C4H11NOP+. The minimum absolute atomic E-state index is 0.686. The van der Waals surface area contributed by atoms with Crippen LogP contribution in [-0.4, -0.2) is 6.16 Å². The summed E-state index contributed by atoms with van der Waals surface area (Å²) < 4.78 is 10.1. The van der Waals surface area contributed by atoms with E-state index in [-0.39, 0.29) is 0 Å². The summed E-state index contributed by atoms with van der Waals surface area (Å²) in [6, 6.07) is 0.